The second kappa shape index (κ2) is 6.14. The van der Waals surface area contributed by atoms with Crippen LogP contribution in [0.1, 0.15) is 9.80 Å². The zero-order chi connectivity index (χ0) is 15.6. The molecule has 2 N–H and O–H groups in total. The molecule has 1 aromatic carbocycles. The van der Waals surface area contributed by atoms with E-state index in [0.29, 0.717) is 0 Å². The van der Waals surface area contributed by atoms with E-state index in [4.69, 9.17) is 23.2 Å². The number of halogens is 2. The van der Waals surface area contributed by atoms with Gasteiger partial charge >= 0.3 is 0 Å². The first-order chi connectivity index (χ1) is 9.74. The summed E-state index contributed by atoms with van der Waals surface area (Å²) in [6.45, 7) is 0. The van der Waals surface area contributed by atoms with E-state index in [2.05, 4.69) is 20.2 Å². The Labute approximate surface area is 134 Å². The number of hydrogen-bond donors (Lipinski definition) is 2. The average Bonchev–Trinajstić information content (AvgIpc) is 2.78. The Balaban J connectivity index is 2.23. The molecule has 11 heteroatoms. The number of rotatable bonds is 4. The van der Waals surface area contributed by atoms with Crippen LogP contribution in [-0.4, -0.2) is 30.8 Å². The second-order valence-corrected chi connectivity index (χ2v) is 7.60. The summed E-state index contributed by atoms with van der Waals surface area (Å²) in [5.41, 5.74) is 0.508. The van der Waals surface area contributed by atoms with Crippen LogP contribution in [0.3, 0.4) is 0 Å². The quantitative estimate of drug-likeness (QED) is 0.865. The van der Waals surface area contributed by atoms with Crippen LogP contribution < -0.4 is 10.0 Å². The highest BCUT2D eigenvalue weighted by Crippen LogP contribution is 2.27. The van der Waals surface area contributed by atoms with Crippen molar-refractivity contribution < 1.29 is 13.2 Å². The zero-order valence-electron chi connectivity index (χ0n) is 10.4. The Bertz CT molecular complexity index is 791. The van der Waals surface area contributed by atoms with Crippen LogP contribution in [0.25, 0.3) is 0 Å². The molecule has 1 aromatic heterocycles. The normalized spacial score (nSPS) is 11.2. The lowest BCUT2D eigenvalue weighted by Gasteiger charge is -2.09. The average molecular weight is 367 g/mol. The number of hydrogen-bond acceptors (Lipinski definition) is 6. The van der Waals surface area contributed by atoms with Crippen molar-refractivity contribution in [1.82, 2.24) is 10.2 Å². The van der Waals surface area contributed by atoms with E-state index in [-0.39, 0.29) is 25.9 Å². The van der Waals surface area contributed by atoms with Gasteiger partial charge in [-0.3, -0.25) is 9.52 Å². The molecule has 0 spiro atoms. The SMILES string of the molecule is CS(=O)(=O)Nc1ccc(Cl)c(NC(=O)c2nnc(Cl)s2)c1. The summed E-state index contributed by atoms with van der Waals surface area (Å²) in [4.78, 5) is 11.9. The first-order valence-electron chi connectivity index (χ1n) is 5.32. The lowest BCUT2D eigenvalue weighted by atomic mass is 10.3. The highest BCUT2D eigenvalue weighted by Gasteiger charge is 2.14. The first kappa shape index (κ1) is 16.0. The largest absolute Gasteiger partial charge is 0.318 e. The molecule has 0 unspecified atom stereocenters. The minimum absolute atomic E-state index is 0.0672. The van der Waals surface area contributed by atoms with Crippen molar-refractivity contribution in [2.75, 3.05) is 16.3 Å². The van der Waals surface area contributed by atoms with E-state index in [1.165, 1.54) is 18.2 Å². The van der Waals surface area contributed by atoms with Crippen LogP contribution in [0.5, 0.6) is 0 Å². The maximum Gasteiger partial charge on any atom is 0.286 e. The van der Waals surface area contributed by atoms with E-state index in [1.807, 2.05) is 0 Å². The molecule has 0 saturated carbocycles. The van der Waals surface area contributed by atoms with Gasteiger partial charge in [-0.1, -0.05) is 22.9 Å². The highest BCUT2D eigenvalue weighted by atomic mass is 35.5. The van der Waals surface area contributed by atoms with Crippen LogP contribution in [0.15, 0.2) is 18.2 Å². The van der Waals surface area contributed by atoms with Gasteiger partial charge in [0.1, 0.15) is 0 Å². The van der Waals surface area contributed by atoms with E-state index >= 15 is 0 Å². The lowest BCUT2D eigenvalue weighted by Crippen LogP contribution is -2.13. The molecule has 0 aliphatic carbocycles. The van der Waals surface area contributed by atoms with E-state index in [1.54, 1.807) is 0 Å². The third-order valence-electron chi connectivity index (χ3n) is 2.11. The predicted octanol–water partition coefficient (Wildman–Crippen LogP) is 2.47. The summed E-state index contributed by atoms with van der Waals surface area (Å²) >= 11 is 12.5. The molecule has 1 heterocycles. The Hall–Kier alpha value is -1.42. The van der Waals surface area contributed by atoms with E-state index in [0.717, 1.165) is 17.6 Å². The third kappa shape index (κ3) is 4.53. The molecule has 0 aliphatic heterocycles. The van der Waals surface area contributed by atoms with Crippen molar-refractivity contribution >= 4 is 61.8 Å². The smallest absolute Gasteiger partial charge is 0.286 e. The first-order valence-corrected chi connectivity index (χ1v) is 8.79. The van der Waals surface area contributed by atoms with Gasteiger partial charge in [-0.15, -0.1) is 10.2 Å². The number of carbonyl (C=O) groups excluding carboxylic acids is 1. The van der Waals surface area contributed by atoms with Crippen LogP contribution in [-0.2, 0) is 10.0 Å². The number of amides is 1. The molecular formula is C10H8Cl2N4O3S2. The topological polar surface area (TPSA) is 101 Å². The lowest BCUT2D eigenvalue weighted by molar-refractivity contribution is 0.102. The summed E-state index contributed by atoms with van der Waals surface area (Å²) in [5, 5.41) is 9.93. The minimum atomic E-state index is -3.43. The summed E-state index contributed by atoms with van der Waals surface area (Å²) in [7, 11) is -3.43. The molecule has 0 saturated heterocycles. The maximum absolute atomic E-state index is 11.9. The number of anilines is 2. The van der Waals surface area contributed by atoms with Crippen LogP contribution in [0, 0.1) is 0 Å². The van der Waals surface area contributed by atoms with Crippen molar-refractivity contribution in [2.45, 2.75) is 0 Å². The Kier molecular flexibility index (Phi) is 4.67. The van der Waals surface area contributed by atoms with Crippen LogP contribution in [0.4, 0.5) is 11.4 Å². The van der Waals surface area contributed by atoms with Gasteiger partial charge in [-0.25, -0.2) is 8.42 Å². The fourth-order valence-corrected chi connectivity index (χ4v) is 2.82. The Morgan fingerprint density at radius 1 is 1.29 bits per heavy atom. The molecule has 1 amide bonds. The fourth-order valence-electron chi connectivity index (χ4n) is 1.37. The monoisotopic (exact) mass is 366 g/mol. The van der Waals surface area contributed by atoms with Crippen molar-refractivity contribution in [3.63, 3.8) is 0 Å². The summed E-state index contributed by atoms with van der Waals surface area (Å²) in [6, 6.07) is 4.32. The van der Waals surface area contributed by atoms with Crippen molar-refractivity contribution in [1.29, 1.82) is 0 Å². The van der Waals surface area contributed by atoms with Gasteiger partial charge in [0, 0.05) is 0 Å². The van der Waals surface area contributed by atoms with Gasteiger partial charge in [0.15, 0.2) is 0 Å². The Morgan fingerprint density at radius 2 is 2.00 bits per heavy atom. The zero-order valence-corrected chi connectivity index (χ0v) is 13.6. The van der Waals surface area contributed by atoms with E-state index < -0.39 is 15.9 Å². The molecule has 0 fully saturated rings. The molecule has 0 radical (unpaired) electrons. The molecule has 0 aliphatic rings. The maximum atomic E-state index is 11.9. The molecule has 21 heavy (non-hydrogen) atoms. The summed E-state index contributed by atoms with van der Waals surface area (Å²) in [5.74, 6) is -0.544. The molecular weight excluding hydrogens is 359 g/mol. The summed E-state index contributed by atoms with van der Waals surface area (Å²) in [6.07, 6.45) is 1.02. The van der Waals surface area contributed by atoms with Crippen molar-refractivity contribution in [3.05, 3.63) is 32.7 Å². The van der Waals surface area contributed by atoms with Gasteiger partial charge in [-0.05, 0) is 29.8 Å². The molecule has 112 valence electrons. The molecule has 0 bridgehead atoms. The van der Waals surface area contributed by atoms with Gasteiger partial charge < -0.3 is 5.32 Å². The van der Waals surface area contributed by atoms with E-state index in [9.17, 15) is 13.2 Å². The van der Waals surface area contributed by atoms with Gasteiger partial charge in [0.2, 0.25) is 19.5 Å². The summed E-state index contributed by atoms with van der Waals surface area (Å²) < 4.78 is 24.8. The van der Waals surface area contributed by atoms with Gasteiger partial charge in [-0.2, -0.15) is 0 Å². The molecule has 2 aromatic rings. The number of carbonyl (C=O) groups is 1. The molecule has 7 nitrogen and oxygen atoms in total. The fraction of sp³-hybridized carbons (Fsp3) is 0.100. The predicted molar refractivity (Wildman–Crippen MR) is 82.8 cm³/mol. The number of benzene rings is 1. The van der Waals surface area contributed by atoms with Crippen molar-refractivity contribution in [3.8, 4) is 0 Å². The highest BCUT2D eigenvalue weighted by molar-refractivity contribution is 7.92. The standard InChI is InChI=1S/C10H8Cl2N4O3S2/c1-21(18,19)16-5-2-3-6(11)7(4-5)13-8(17)9-14-15-10(12)20-9/h2-4,16H,1H3,(H,13,17). The number of nitrogens with one attached hydrogen (secondary N) is 2. The van der Waals surface area contributed by atoms with Crippen LogP contribution in [0.2, 0.25) is 9.49 Å². The molecule has 0 atom stereocenters. The van der Waals surface area contributed by atoms with Crippen molar-refractivity contribution in [2.24, 2.45) is 0 Å². The number of aromatic nitrogens is 2. The number of nitrogens with zero attached hydrogens (tertiary/aromatic N) is 2. The second-order valence-electron chi connectivity index (χ2n) is 3.88. The van der Waals surface area contributed by atoms with Crippen LogP contribution >= 0.6 is 34.5 Å². The minimum Gasteiger partial charge on any atom is -0.318 e. The molecule has 2 rings (SSSR count). The van der Waals surface area contributed by atoms with Gasteiger partial charge in [0.05, 0.1) is 22.7 Å². The third-order valence-corrected chi connectivity index (χ3v) is 4.07. The Morgan fingerprint density at radius 3 is 2.57 bits per heavy atom. The number of sulfonamides is 1. The van der Waals surface area contributed by atoms with Gasteiger partial charge in [0.25, 0.3) is 5.91 Å².